The number of halogens is 2. The van der Waals surface area contributed by atoms with Gasteiger partial charge < -0.3 is 5.73 Å². The van der Waals surface area contributed by atoms with Crippen molar-refractivity contribution < 1.29 is 12.8 Å². The fourth-order valence-electron chi connectivity index (χ4n) is 1.67. The maximum absolute atomic E-state index is 13.4. The van der Waals surface area contributed by atoms with Crippen LogP contribution in [0.2, 0.25) is 0 Å². The Balaban J connectivity index is 2.35. The molecule has 21 heavy (non-hydrogen) atoms. The Labute approximate surface area is 130 Å². The highest BCUT2D eigenvalue weighted by atomic mass is 79.9. The lowest BCUT2D eigenvalue weighted by Gasteiger charge is -2.10. The lowest BCUT2D eigenvalue weighted by atomic mass is 10.2. The van der Waals surface area contributed by atoms with Crippen LogP contribution in [0.3, 0.4) is 0 Å². The standard InChI is InChI=1S/C13H13BrFN3O2S/c1-8-11(14)3-5-13(17-8)18-21(19,20)10-2-4-12(15)9(6-10)7-16/h2-6H,7,16H2,1H3,(H,17,18). The lowest BCUT2D eigenvalue weighted by Crippen LogP contribution is -2.15. The Morgan fingerprint density at radius 1 is 1.33 bits per heavy atom. The van der Waals surface area contributed by atoms with Crippen LogP contribution < -0.4 is 10.5 Å². The average Bonchev–Trinajstić information content (AvgIpc) is 2.43. The van der Waals surface area contributed by atoms with E-state index in [-0.39, 0.29) is 22.8 Å². The molecule has 0 aliphatic rings. The van der Waals surface area contributed by atoms with Gasteiger partial charge in [0.15, 0.2) is 0 Å². The third-order valence-electron chi connectivity index (χ3n) is 2.81. The van der Waals surface area contributed by atoms with Crippen molar-refractivity contribution in [3.63, 3.8) is 0 Å². The van der Waals surface area contributed by atoms with Gasteiger partial charge in [-0.2, -0.15) is 0 Å². The number of pyridine rings is 1. The van der Waals surface area contributed by atoms with Gasteiger partial charge in [0.05, 0.1) is 10.6 Å². The minimum Gasteiger partial charge on any atom is -0.326 e. The van der Waals surface area contributed by atoms with Crippen LogP contribution in [0.5, 0.6) is 0 Å². The Kier molecular flexibility index (Phi) is 4.60. The normalized spacial score (nSPS) is 11.4. The molecule has 5 nitrogen and oxygen atoms in total. The van der Waals surface area contributed by atoms with E-state index in [0.29, 0.717) is 5.69 Å². The van der Waals surface area contributed by atoms with Crippen molar-refractivity contribution in [3.8, 4) is 0 Å². The van der Waals surface area contributed by atoms with Crippen molar-refractivity contribution in [2.24, 2.45) is 5.73 Å². The molecule has 1 aromatic carbocycles. The van der Waals surface area contributed by atoms with Crippen LogP contribution in [0, 0.1) is 12.7 Å². The molecule has 0 atom stereocenters. The number of benzene rings is 1. The molecular formula is C13H13BrFN3O2S. The summed E-state index contributed by atoms with van der Waals surface area (Å²) in [7, 11) is -3.84. The summed E-state index contributed by atoms with van der Waals surface area (Å²) < 4.78 is 41.0. The largest absolute Gasteiger partial charge is 0.326 e. The molecule has 2 aromatic rings. The average molecular weight is 374 g/mol. The highest BCUT2D eigenvalue weighted by Crippen LogP contribution is 2.20. The van der Waals surface area contributed by atoms with Crippen molar-refractivity contribution in [3.05, 3.63) is 51.9 Å². The zero-order chi connectivity index (χ0) is 15.6. The maximum atomic E-state index is 13.4. The van der Waals surface area contributed by atoms with Crippen LogP contribution in [0.4, 0.5) is 10.2 Å². The number of rotatable bonds is 4. The molecule has 0 saturated heterocycles. The molecule has 0 bridgehead atoms. The number of nitrogens with zero attached hydrogens (tertiary/aromatic N) is 1. The Bertz CT molecular complexity index is 781. The van der Waals surface area contributed by atoms with Gasteiger partial charge in [-0.15, -0.1) is 0 Å². The number of nitrogens with one attached hydrogen (secondary N) is 1. The smallest absolute Gasteiger partial charge is 0.263 e. The van der Waals surface area contributed by atoms with Gasteiger partial charge >= 0.3 is 0 Å². The number of anilines is 1. The number of sulfonamides is 1. The highest BCUT2D eigenvalue weighted by Gasteiger charge is 2.17. The van der Waals surface area contributed by atoms with E-state index in [1.807, 2.05) is 0 Å². The molecule has 0 saturated carbocycles. The van der Waals surface area contributed by atoms with E-state index in [9.17, 15) is 12.8 Å². The molecule has 0 amide bonds. The molecule has 0 aliphatic heterocycles. The van der Waals surface area contributed by atoms with Crippen molar-refractivity contribution in [1.29, 1.82) is 0 Å². The molecule has 2 rings (SSSR count). The molecule has 0 radical (unpaired) electrons. The Morgan fingerprint density at radius 3 is 2.67 bits per heavy atom. The van der Waals surface area contributed by atoms with Crippen LogP contribution in [0.1, 0.15) is 11.3 Å². The first-order valence-corrected chi connectivity index (χ1v) is 8.25. The van der Waals surface area contributed by atoms with Gasteiger partial charge in [-0.1, -0.05) is 0 Å². The van der Waals surface area contributed by atoms with E-state index in [2.05, 4.69) is 25.6 Å². The third kappa shape index (κ3) is 3.58. The summed E-state index contributed by atoms with van der Waals surface area (Å²) >= 11 is 3.29. The minimum absolute atomic E-state index is 0.0632. The van der Waals surface area contributed by atoms with Crippen LogP contribution in [-0.2, 0) is 16.6 Å². The third-order valence-corrected chi connectivity index (χ3v) is 5.00. The topological polar surface area (TPSA) is 85.1 Å². The Morgan fingerprint density at radius 2 is 2.05 bits per heavy atom. The fourth-order valence-corrected chi connectivity index (χ4v) is 2.94. The van der Waals surface area contributed by atoms with Gasteiger partial charge in [-0.25, -0.2) is 17.8 Å². The van der Waals surface area contributed by atoms with Crippen molar-refractivity contribution in [2.75, 3.05) is 4.72 Å². The SMILES string of the molecule is Cc1nc(NS(=O)(=O)c2ccc(F)c(CN)c2)ccc1Br. The van der Waals surface area contributed by atoms with Gasteiger partial charge in [0.25, 0.3) is 10.0 Å². The highest BCUT2D eigenvalue weighted by molar-refractivity contribution is 9.10. The quantitative estimate of drug-likeness (QED) is 0.862. The Hall–Kier alpha value is -1.51. The molecule has 112 valence electrons. The van der Waals surface area contributed by atoms with E-state index in [1.54, 1.807) is 13.0 Å². The first kappa shape index (κ1) is 15.9. The van der Waals surface area contributed by atoms with Gasteiger partial charge in [-0.3, -0.25) is 4.72 Å². The molecule has 0 spiro atoms. The van der Waals surface area contributed by atoms with Crippen LogP contribution in [0.15, 0.2) is 39.7 Å². The van der Waals surface area contributed by atoms with E-state index >= 15 is 0 Å². The second-order valence-corrected chi connectivity index (χ2v) is 6.86. The molecule has 8 heteroatoms. The van der Waals surface area contributed by atoms with Gasteiger partial charge in [0.2, 0.25) is 0 Å². The minimum atomic E-state index is -3.84. The molecule has 0 unspecified atom stereocenters. The number of aryl methyl sites for hydroxylation is 1. The number of hydrogen-bond donors (Lipinski definition) is 2. The second kappa shape index (κ2) is 6.08. The maximum Gasteiger partial charge on any atom is 0.263 e. The second-order valence-electron chi connectivity index (χ2n) is 4.33. The van der Waals surface area contributed by atoms with Crippen molar-refractivity contribution in [2.45, 2.75) is 18.4 Å². The summed E-state index contributed by atoms with van der Waals surface area (Å²) in [6.07, 6.45) is 0. The van der Waals surface area contributed by atoms with E-state index in [4.69, 9.17) is 5.73 Å². The number of aromatic nitrogens is 1. The zero-order valence-corrected chi connectivity index (χ0v) is 13.5. The summed E-state index contributed by atoms with van der Waals surface area (Å²) in [5.41, 5.74) is 6.17. The van der Waals surface area contributed by atoms with Gasteiger partial charge in [0, 0.05) is 16.6 Å². The van der Waals surface area contributed by atoms with Crippen LogP contribution in [0.25, 0.3) is 0 Å². The molecule has 0 fully saturated rings. The number of nitrogens with two attached hydrogens (primary N) is 1. The van der Waals surface area contributed by atoms with Crippen molar-refractivity contribution in [1.82, 2.24) is 4.98 Å². The van der Waals surface area contributed by atoms with Gasteiger partial charge in [0.1, 0.15) is 11.6 Å². The molecule has 0 aliphatic carbocycles. The molecular weight excluding hydrogens is 361 g/mol. The molecule has 3 N–H and O–H groups in total. The first-order chi connectivity index (χ1) is 9.83. The van der Waals surface area contributed by atoms with E-state index in [1.165, 1.54) is 18.2 Å². The predicted octanol–water partition coefficient (Wildman–Crippen LogP) is 2.55. The van der Waals surface area contributed by atoms with Crippen LogP contribution in [-0.4, -0.2) is 13.4 Å². The van der Waals surface area contributed by atoms with Crippen LogP contribution >= 0.6 is 15.9 Å². The summed E-state index contributed by atoms with van der Waals surface area (Å²) in [6.45, 7) is 1.66. The molecule has 1 aromatic heterocycles. The predicted molar refractivity (Wildman–Crippen MR) is 81.8 cm³/mol. The summed E-state index contributed by atoms with van der Waals surface area (Å²) in [6, 6.07) is 6.70. The first-order valence-electron chi connectivity index (χ1n) is 5.98. The fraction of sp³-hybridized carbons (Fsp3) is 0.154. The number of hydrogen-bond acceptors (Lipinski definition) is 4. The summed E-state index contributed by atoms with van der Waals surface area (Å²) in [4.78, 5) is 4.04. The molecule has 1 heterocycles. The lowest BCUT2D eigenvalue weighted by molar-refractivity contribution is 0.596. The van der Waals surface area contributed by atoms with Crippen molar-refractivity contribution >= 4 is 31.8 Å². The van der Waals surface area contributed by atoms with E-state index < -0.39 is 15.8 Å². The zero-order valence-electron chi connectivity index (χ0n) is 11.1. The summed E-state index contributed by atoms with van der Waals surface area (Å²) in [5, 5.41) is 0. The van der Waals surface area contributed by atoms with E-state index in [0.717, 1.165) is 10.5 Å². The van der Waals surface area contributed by atoms with Gasteiger partial charge in [-0.05, 0) is 53.2 Å². The monoisotopic (exact) mass is 373 g/mol. The summed E-state index contributed by atoms with van der Waals surface area (Å²) in [5.74, 6) is -0.344.